The molecule has 2 heterocycles. The van der Waals surface area contributed by atoms with Gasteiger partial charge in [-0.3, -0.25) is 4.79 Å². The van der Waals surface area contributed by atoms with Gasteiger partial charge in [-0.2, -0.15) is 0 Å². The predicted molar refractivity (Wildman–Crippen MR) is 76.2 cm³/mol. The summed E-state index contributed by atoms with van der Waals surface area (Å²) < 4.78 is 5.47. The van der Waals surface area contributed by atoms with Crippen molar-refractivity contribution in [3.8, 4) is 0 Å². The van der Waals surface area contributed by atoms with Gasteiger partial charge in [0.2, 0.25) is 0 Å². The summed E-state index contributed by atoms with van der Waals surface area (Å²) in [7, 11) is 0. The van der Waals surface area contributed by atoms with Gasteiger partial charge in [0.25, 0.3) is 0 Å². The van der Waals surface area contributed by atoms with Gasteiger partial charge < -0.3 is 9.64 Å². The first-order valence-corrected chi connectivity index (χ1v) is 7.72. The number of aromatic nitrogens is 1. The molecule has 0 amide bonds. The monoisotopic (exact) mass is 280 g/mol. The van der Waals surface area contributed by atoms with Crippen molar-refractivity contribution in [1.82, 2.24) is 4.98 Å². The first kappa shape index (κ1) is 13.1. The molecule has 0 bridgehead atoms. The highest BCUT2D eigenvalue weighted by molar-refractivity contribution is 7.17. The molecule has 2 aliphatic rings. The summed E-state index contributed by atoms with van der Waals surface area (Å²) in [6, 6.07) is 0. The second kappa shape index (κ2) is 4.87. The molecule has 5 heteroatoms. The van der Waals surface area contributed by atoms with Crippen molar-refractivity contribution in [2.24, 2.45) is 5.41 Å². The third-order valence-corrected chi connectivity index (χ3v) is 4.92. The minimum absolute atomic E-state index is 0.0529. The fourth-order valence-electron chi connectivity index (χ4n) is 2.78. The molecule has 1 saturated heterocycles. The lowest BCUT2D eigenvalue weighted by molar-refractivity contribution is 0.0916. The minimum Gasteiger partial charge on any atom is -0.380 e. The number of hydrogen-bond acceptors (Lipinski definition) is 5. The van der Waals surface area contributed by atoms with E-state index in [1.165, 1.54) is 0 Å². The van der Waals surface area contributed by atoms with E-state index in [2.05, 4.69) is 18.7 Å². The summed E-state index contributed by atoms with van der Waals surface area (Å²) in [6.07, 6.45) is 2.59. The predicted octanol–water partition coefficient (Wildman–Crippen LogP) is 2.52. The Morgan fingerprint density at radius 3 is 2.95 bits per heavy atom. The molecule has 0 radical (unpaired) electrons. The minimum atomic E-state index is 0.0529. The normalized spacial score (nSPS) is 23.1. The molecule has 1 aliphatic carbocycles. The fourth-order valence-corrected chi connectivity index (χ4v) is 3.85. The highest BCUT2D eigenvalue weighted by atomic mass is 32.1. The van der Waals surface area contributed by atoms with E-state index in [4.69, 9.17) is 9.72 Å². The zero-order valence-corrected chi connectivity index (χ0v) is 12.4. The maximum Gasteiger partial charge on any atom is 0.186 e. The summed E-state index contributed by atoms with van der Waals surface area (Å²) in [6.45, 7) is 7.73. The van der Waals surface area contributed by atoms with Crippen molar-refractivity contribution in [3.05, 3.63) is 10.6 Å². The molecule has 4 nitrogen and oxygen atoms in total. The second-order valence-electron chi connectivity index (χ2n) is 6.17. The van der Waals surface area contributed by atoms with Crippen molar-refractivity contribution in [2.45, 2.75) is 33.1 Å². The van der Waals surface area contributed by atoms with E-state index in [0.717, 1.165) is 54.8 Å². The van der Waals surface area contributed by atoms with Crippen LogP contribution in [0.25, 0.3) is 0 Å². The van der Waals surface area contributed by atoms with Gasteiger partial charge >= 0.3 is 0 Å². The van der Waals surface area contributed by atoms with Crippen LogP contribution < -0.4 is 4.90 Å². The molecule has 0 unspecified atom stereocenters. The number of carbonyl (C=O) groups is 1. The molecule has 0 aromatic carbocycles. The largest absolute Gasteiger partial charge is 0.380 e. The molecule has 19 heavy (non-hydrogen) atoms. The average Bonchev–Trinajstić information content (AvgIpc) is 2.58. The lowest BCUT2D eigenvalue weighted by Gasteiger charge is -2.26. The summed E-state index contributed by atoms with van der Waals surface area (Å²) >= 11 is 1.57. The van der Waals surface area contributed by atoms with Crippen LogP contribution in [-0.4, -0.2) is 37.1 Å². The Kier molecular flexibility index (Phi) is 3.35. The zero-order valence-electron chi connectivity index (χ0n) is 11.6. The van der Waals surface area contributed by atoms with Crippen molar-refractivity contribution in [2.75, 3.05) is 31.2 Å². The van der Waals surface area contributed by atoms with Crippen LogP contribution in [0.15, 0.2) is 0 Å². The Bertz CT molecular complexity index is 488. The van der Waals surface area contributed by atoms with Crippen LogP contribution in [0.3, 0.4) is 0 Å². The van der Waals surface area contributed by atoms with E-state index in [0.29, 0.717) is 6.42 Å². The van der Waals surface area contributed by atoms with Crippen LogP contribution in [-0.2, 0) is 11.2 Å². The number of carbonyl (C=O) groups excluding carboxylic acids is 1. The maximum absolute atomic E-state index is 12.2. The van der Waals surface area contributed by atoms with E-state index in [-0.39, 0.29) is 11.2 Å². The highest BCUT2D eigenvalue weighted by Crippen LogP contribution is 2.39. The number of Topliss-reactive ketones (excluding diaryl/α,β-unsaturated/α-hetero) is 1. The van der Waals surface area contributed by atoms with Crippen molar-refractivity contribution < 1.29 is 9.53 Å². The lowest BCUT2D eigenvalue weighted by Crippen LogP contribution is -2.26. The summed E-state index contributed by atoms with van der Waals surface area (Å²) in [4.78, 5) is 20.1. The van der Waals surface area contributed by atoms with Gasteiger partial charge in [0.1, 0.15) is 0 Å². The zero-order chi connectivity index (χ0) is 13.5. The number of hydrogen-bond donors (Lipinski definition) is 0. The number of nitrogens with zero attached hydrogens (tertiary/aromatic N) is 2. The number of anilines is 1. The quantitative estimate of drug-likeness (QED) is 0.793. The van der Waals surface area contributed by atoms with Gasteiger partial charge in [0, 0.05) is 26.1 Å². The molecular weight excluding hydrogens is 260 g/mol. The molecule has 3 rings (SSSR count). The molecule has 0 spiro atoms. The molecule has 1 aromatic rings. The van der Waals surface area contributed by atoms with Crippen LogP contribution in [0.2, 0.25) is 0 Å². The van der Waals surface area contributed by atoms with Gasteiger partial charge in [0.15, 0.2) is 10.9 Å². The van der Waals surface area contributed by atoms with Crippen LogP contribution in [0.4, 0.5) is 5.13 Å². The topological polar surface area (TPSA) is 42.4 Å². The van der Waals surface area contributed by atoms with E-state index >= 15 is 0 Å². The maximum atomic E-state index is 12.2. The van der Waals surface area contributed by atoms with E-state index in [1.807, 2.05) is 0 Å². The molecular formula is C14H20N2O2S. The summed E-state index contributed by atoms with van der Waals surface area (Å²) in [5.74, 6) is 0.265. The van der Waals surface area contributed by atoms with Gasteiger partial charge in [-0.25, -0.2) is 4.98 Å². The van der Waals surface area contributed by atoms with Crippen molar-refractivity contribution in [1.29, 1.82) is 0 Å². The molecule has 0 atom stereocenters. The van der Waals surface area contributed by atoms with E-state index in [9.17, 15) is 4.79 Å². The number of fused-ring (bicyclic) bond motifs is 1. The number of ether oxygens (including phenoxy) is 1. The molecule has 1 aliphatic heterocycles. The second-order valence-corrected chi connectivity index (χ2v) is 7.14. The van der Waals surface area contributed by atoms with Crippen LogP contribution in [0.1, 0.15) is 42.1 Å². The third-order valence-electron chi connectivity index (χ3n) is 3.72. The molecule has 1 fully saturated rings. The summed E-state index contributed by atoms with van der Waals surface area (Å²) in [5, 5.41) is 1.00. The lowest BCUT2D eigenvalue weighted by atomic mass is 9.78. The Labute approximate surface area is 117 Å². The van der Waals surface area contributed by atoms with Gasteiger partial charge in [0.05, 0.1) is 17.2 Å². The first-order valence-electron chi connectivity index (χ1n) is 6.91. The number of thiazole rings is 1. The van der Waals surface area contributed by atoms with Crippen molar-refractivity contribution in [3.63, 3.8) is 0 Å². The molecule has 0 saturated carbocycles. The van der Waals surface area contributed by atoms with Crippen molar-refractivity contribution >= 4 is 22.3 Å². The molecule has 1 aromatic heterocycles. The third kappa shape index (κ3) is 2.67. The van der Waals surface area contributed by atoms with Gasteiger partial charge in [-0.05, 0) is 18.3 Å². The Morgan fingerprint density at radius 1 is 1.26 bits per heavy atom. The standard InChI is InChI=1S/C14H20N2O2S/c1-14(2)8-10-12(11(17)9-14)19-13(15-10)16-4-3-6-18-7-5-16/h3-9H2,1-2H3. The van der Waals surface area contributed by atoms with Gasteiger partial charge in [-0.1, -0.05) is 25.2 Å². The molecule has 104 valence electrons. The summed E-state index contributed by atoms with van der Waals surface area (Å²) in [5.41, 5.74) is 1.06. The SMILES string of the molecule is CC1(C)CC(=O)c2sc(N3CCCOCC3)nc2C1. The Morgan fingerprint density at radius 2 is 2.11 bits per heavy atom. The smallest absolute Gasteiger partial charge is 0.186 e. The van der Waals surface area contributed by atoms with Crippen LogP contribution >= 0.6 is 11.3 Å². The average molecular weight is 280 g/mol. The highest BCUT2D eigenvalue weighted by Gasteiger charge is 2.34. The van der Waals surface area contributed by atoms with Crippen LogP contribution in [0.5, 0.6) is 0 Å². The number of ketones is 1. The Hall–Kier alpha value is -0.940. The Balaban J connectivity index is 1.87. The van der Waals surface area contributed by atoms with E-state index in [1.54, 1.807) is 11.3 Å². The van der Waals surface area contributed by atoms with Gasteiger partial charge in [-0.15, -0.1) is 0 Å². The number of rotatable bonds is 1. The fraction of sp³-hybridized carbons (Fsp3) is 0.714. The molecule has 0 N–H and O–H groups in total. The first-order chi connectivity index (χ1) is 9.05. The van der Waals surface area contributed by atoms with E-state index < -0.39 is 0 Å². The van der Waals surface area contributed by atoms with Crippen LogP contribution in [0, 0.1) is 5.41 Å².